The summed E-state index contributed by atoms with van der Waals surface area (Å²) in [5, 5.41) is 0. The molecule has 0 saturated carbocycles. The van der Waals surface area contributed by atoms with Crippen LogP contribution >= 0.6 is 0 Å². The van der Waals surface area contributed by atoms with Gasteiger partial charge in [0.2, 0.25) is 0 Å². The van der Waals surface area contributed by atoms with Crippen molar-refractivity contribution in [3.8, 4) is 0 Å². The van der Waals surface area contributed by atoms with Gasteiger partial charge in [0.1, 0.15) is 0 Å². The first kappa shape index (κ1) is 22.0. The molecule has 0 aliphatic carbocycles. The third-order valence-corrected chi connectivity index (χ3v) is 5.32. The van der Waals surface area contributed by atoms with Gasteiger partial charge in [-0.15, -0.1) is 0 Å². The van der Waals surface area contributed by atoms with Crippen LogP contribution in [0.2, 0.25) is 0 Å². The average Bonchev–Trinajstić information content (AvgIpc) is 2.46. The molecule has 134 valence electrons. The van der Waals surface area contributed by atoms with Crippen molar-refractivity contribution >= 4 is 0 Å². The summed E-state index contributed by atoms with van der Waals surface area (Å²) in [7, 11) is 0. The molecule has 0 aromatic heterocycles. The first-order valence-electron chi connectivity index (χ1n) is 10.3. The third kappa shape index (κ3) is 14.9. The molecule has 0 aromatic carbocycles. The largest absolute Gasteiger partial charge is 0.353 e. The van der Waals surface area contributed by atoms with Gasteiger partial charge in [0.15, 0.2) is 0 Å². The van der Waals surface area contributed by atoms with E-state index in [0.29, 0.717) is 0 Å². The molecule has 0 spiro atoms. The molecule has 0 fully saturated rings. The molecule has 3 N–H and O–H groups in total. The molecule has 1 heteroatoms. The summed E-state index contributed by atoms with van der Waals surface area (Å²) in [6.45, 7) is 9.18. The summed E-state index contributed by atoms with van der Waals surface area (Å²) in [4.78, 5) is 0. The molecule has 0 rings (SSSR count). The van der Waals surface area contributed by atoms with E-state index >= 15 is 0 Å². The first-order chi connectivity index (χ1) is 10.5. The van der Waals surface area contributed by atoms with E-state index in [0.717, 1.165) is 5.92 Å². The van der Waals surface area contributed by atoms with Crippen LogP contribution in [0.15, 0.2) is 0 Å². The predicted octanol–water partition coefficient (Wildman–Crippen LogP) is 6.51. The Morgan fingerprint density at radius 2 is 0.955 bits per heavy atom. The SMILES string of the molecule is CCCCCCCCCCCCCCCCC(C)C(C)(C)[NH3+]. The predicted molar refractivity (Wildman–Crippen MR) is 101 cm³/mol. The van der Waals surface area contributed by atoms with E-state index in [9.17, 15) is 0 Å². The van der Waals surface area contributed by atoms with Crippen LogP contribution in [0.1, 0.15) is 124 Å². The number of hydrogen-bond donors (Lipinski definition) is 1. The van der Waals surface area contributed by atoms with E-state index < -0.39 is 0 Å². The smallest absolute Gasteiger partial charge is 0.0914 e. The quantitative estimate of drug-likeness (QED) is 0.314. The van der Waals surface area contributed by atoms with Crippen LogP contribution in [-0.4, -0.2) is 5.54 Å². The maximum absolute atomic E-state index is 4.25. The summed E-state index contributed by atoms with van der Waals surface area (Å²) < 4.78 is 0. The fourth-order valence-corrected chi connectivity index (χ4v) is 3.04. The molecule has 0 aliphatic rings. The molecular weight excluding hydrogens is 266 g/mol. The topological polar surface area (TPSA) is 27.6 Å². The van der Waals surface area contributed by atoms with Gasteiger partial charge in [-0.25, -0.2) is 0 Å². The Bertz CT molecular complexity index is 216. The highest BCUT2D eigenvalue weighted by Crippen LogP contribution is 2.19. The molecule has 0 aliphatic heterocycles. The first-order valence-corrected chi connectivity index (χ1v) is 10.3. The molecule has 0 aromatic rings. The van der Waals surface area contributed by atoms with Crippen molar-refractivity contribution in [3.63, 3.8) is 0 Å². The van der Waals surface area contributed by atoms with Crippen molar-refractivity contribution < 1.29 is 5.73 Å². The van der Waals surface area contributed by atoms with Gasteiger partial charge < -0.3 is 5.73 Å². The van der Waals surface area contributed by atoms with Crippen molar-refractivity contribution in [2.24, 2.45) is 5.92 Å². The summed E-state index contributed by atoms with van der Waals surface area (Å²) >= 11 is 0. The Balaban J connectivity index is 3.12. The van der Waals surface area contributed by atoms with Gasteiger partial charge in [-0.1, -0.05) is 104 Å². The zero-order chi connectivity index (χ0) is 16.7. The van der Waals surface area contributed by atoms with E-state index in [1.165, 1.54) is 96.3 Å². The van der Waals surface area contributed by atoms with Crippen LogP contribution in [0.25, 0.3) is 0 Å². The van der Waals surface area contributed by atoms with Gasteiger partial charge in [0.25, 0.3) is 0 Å². The van der Waals surface area contributed by atoms with E-state index in [1.54, 1.807) is 0 Å². The monoisotopic (exact) mass is 312 g/mol. The molecule has 0 heterocycles. The van der Waals surface area contributed by atoms with Gasteiger partial charge in [0, 0.05) is 5.92 Å². The summed E-state index contributed by atoms with van der Waals surface area (Å²) in [5.41, 5.74) is 4.50. The third-order valence-electron chi connectivity index (χ3n) is 5.32. The standard InChI is InChI=1S/C21H45N/c1-5-6-7-8-9-10-11-12-13-14-15-16-17-18-19-20(2)21(3,4)22/h20H,5-19,22H2,1-4H3/p+1. The van der Waals surface area contributed by atoms with Gasteiger partial charge >= 0.3 is 0 Å². The van der Waals surface area contributed by atoms with Gasteiger partial charge in [-0.2, -0.15) is 0 Å². The lowest BCUT2D eigenvalue weighted by Gasteiger charge is -2.23. The Kier molecular flexibility index (Phi) is 14.5. The minimum atomic E-state index is 0.247. The summed E-state index contributed by atoms with van der Waals surface area (Å²) in [6, 6.07) is 0. The second kappa shape index (κ2) is 14.5. The van der Waals surface area contributed by atoms with Crippen LogP contribution < -0.4 is 5.73 Å². The zero-order valence-corrected chi connectivity index (χ0v) is 16.4. The van der Waals surface area contributed by atoms with Crippen molar-refractivity contribution in [1.82, 2.24) is 0 Å². The van der Waals surface area contributed by atoms with Crippen molar-refractivity contribution in [2.45, 2.75) is 130 Å². The van der Waals surface area contributed by atoms with Crippen LogP contribution in [0, 0.1) is 5.92 Å². The highest BCUT2D eigenvalue weighted by molar-refractivity contribution is 4.71. The number of hydrogen-bond acceptors (Lipinski definition) is 0. The van der Waals surface area contributed by atoms with Crippen molar-refractivity contribution in [2.75, 3.05) is 0 Å². The highest BCUT2D eigenvalue weighted by atomic mass is 14.7. The van der Waals surface area contributed by atoms with Crippen LogP contribution in [0.4, 0.5) is 0 Å². The lowest BCUT2D eigenvalue weighted by Crippen LogP contribution is -2.72. The summed E-state index contributed by atoms with van der Waals surface area (Å²) in [6.07, 6.45) is 21.6. The molecule has 0 saturated heterocycles. The van der Waals surface area contributed by atoms with E-state index in [1.807, 2.05) is 0 Å². The fraction of sp³-hybridized carbons (Fsp3) is 1.00. The van der Waals surface area contributed by atoms with Crippen LogP contribution in [0.5, 0.6) is 0 Å². The number of unbranched alkanes of at least 4 members (excludes halogenated alkanes) is 13. The molecule has 22 heavy (non-hydrogen) atoms. The minimum Gasteiger partial charge on any atom is -0.353 e. The van der Waals surface area contributed by atoms with Crippen LogP contribution in [-0.2, 0) is 0 Å². The highest BCUT2D eigenvalue weighted by Gasteiger charge is 2.23. The fourth-order valence-electron chi connectivity index (χ4n) is 3.04. The second-order valence-corrected chi connectivity index (χ2v) is 8.27. The average molecular weight is 313 g/mol. The lowest BCUT2D eigenvalue weighted by atomic mass is 9.86. The molecule has 1 unspecified atom stereocenters. The van der Waals surface area contributed by atoms with E-state index in [4.69, 9.17) is 0 Å². The minimum absolute atomic E-state index is 0.247. The van der Waals surface area contributed by atoms with Gasteiger partial charge in [-0.3, -0.25) is 0 Å². The van der Waals surface area contributed by atoms with Crippen molar-refractivity contribution in [1.29, 1.82) is 0 Å². The van der Waals surface area contributed by atoms with Crippen molar-refractivity contribution in [3.05, 3.63) is 0 Å². The maximum atomic E-state index is 4.25. The molecule has 1 atom stereocenters. The van der Waals surface area contributed by atoms with Crippen LogP contribution in [0.3, 0.4) is 0 Å². The number of rotatable bonds is 16. The molecule has 0 radical (unpaired) electrons. The Morgan fingerprint density at radius 3 is 1.27 bits per heavy atom. The Morgan fingerprint density at radius 1 is 0.636 bits per heavy atom. The van der Waals surface area contributed by atoms with Gasteiger partial charge in [0.05, 0.1) is 5.54 Å². The molecule has 1 nitrogen and oxygen atoms in total. The van der Waals surface area contributed by atoms with E-state index in [-0.39, 0.29) is 5.54 Å². The summed E-state index contributed by atoms with van der Waals surface area (Å²) in [5.74, 6) is 0.754. The van der Waals surface area contributed by atoms with E-state index in [2.05, 4.69) is 33.4 Å². The Hall–Kier alpha value is -0.0400. The zero-order valence-electron chi connectivity index (χ0n) is 16.4. The number of quaternary nitrogens is 1. The second-order valence-electron chi connectivity index (χ2n) is 8.27. The molecule has 0 bridgehead atoms. The Labute approximate surface area is 141 Å². The molecule has 0 amide bonds. The molecular formula is C21H46N+. The van der Waals surface area contributed by atoms with Gasteiger partial charge in [-0.05, 0) is 20.3 Å². The normalized spacial score (nSPS) is 13.5. The lowest BCUT2D eigenvalue weighted by molar-refractivity contribution is -0.479. The maximum Gasteiger partial charge on any atom is 0.0914 e.